The first-order valence-corrected chi connectivity index (χ1v) is 9.39. The predicted octanol–water partition coefficient (Wildman–Crippen LogP) is 1.32. The summed E-state index contributed by atoms with van der Waals surface area (Å²) in [6.07, 6.45) is 6.16. The zero-order chi connectivity index (χ0) is 17.6. The molecule has 2 rings (SSSR count). The lowest BCUT2D eigenvalue weighted by Gasteiger charge is -2.32. The lowest BCUT2D eigenvalue weighted by molar-refractivity contribution is -0.124. The van der Waals surface area contributed by atoms with E-state index in [2.05, 4.69) is 20.5 Å². The van der Waals surface area contributed by atoms with Crippen molar-refractivity contribution in [2.24, 2.45) is 22.6 Å². The summed E-state index contributed by atoms with van der Waals surface area (Å²) < 4.78 is 0. The van der Waals surface area contributed by atoms with Gasteiger partial charge in [0.15, 0.2) is 5.96 Å². The molecule has 6 heteroatoms. The molecule has 0 radical (unpaired) electrons. The Morgan fingerprint density at radius 3 is 2.38 bits per heavy atom. The third kappa shape index (κ3) is 7.07. The number of aliphatic imine (C=N–C) groups is 1. The van der Waals surface area contributed by atoms with Gasteiger partial charge in [0.05, 0.1) is 6.54 Å². The second-order valence-electron chi connectivity index (χ2n) is 8.42. The van der Waals surface area contributed by atoms with Crippen molar-refractivity contribution in [3.8, 4) is 0 Å². The Labute approximate surface area is 146 Å². The molecule has 0 aromatic carbocycles. The Hall–Kier alpha value is -1.30. The van der Waals surface area contributed by atoms with Crippen molar-refractivity contribution in [3.05, 3.63) is 0 Å². The highest BCUT2D eigenvalue weighted by molar-refractivity contribution is 5.78. The van der Waals surface area contributed by atoms with Crippen LogP contribution in [0.15, 0.2) is 4.99 Å². The second-order valence-corrected chi connectivity index (χ2v) is 8.42. The van der Waals surface area contributed by atoms with Crippen LogP contribution in [0.4, 0.5) is 0 Å². The number of nitrogens with zero attached hydrogens (tertiary/aromatic N) is 2. The average molecular weight is 338 g/mol. The molecule has 1 amide bonds. The number of piperidine rings is 1. The van der Waals surface area contributed by atoms with Gasteiger partial charge >= 0.3 is 0 Å². The molecule has 2 aliphatic rings. The van der Waals surface area contributed by atoms with E-state index in [4.69, 9.17) is 5.73 Å². The SMILES string of the molecule is CC(C)(C)NC(=O)CN1CCC(CNC(N)=NCC2CCC2)CC1. The number of nitrogens with one attached hydrogen (secondary N) is 2. The number of nitrogens with two attached hydrogens (primary N) is 1. The summed E-state index contributed by atoms with van der Waals surface area (Å²) in [7, 11) is 0. The molecule has 0 aromatic rings. The number of carbonyl (C=O) groups excluding carboxylic acids is 1. The van der Waals surface area contributed by atoms with Crippen LogP contribution in [0.25, 0.3) is 0 Å². The van der Waals surface area contributed by atoms with E-state index in [1.54, 1.807) is 0 Å². The Morgan fingerprint density at radius 1 is 1.17 bits per heavy atom. The second kappa shape index (κ2) is 8.70. The van der Waals surface area contributed by atoms with Crippen LogP contribution in [0.5, 0.6) is 0 Å². The Balaban J connectivity index is 1.59. The number of likely N-dealkylation sites (tertiary alicyclic amines) is 1. The molecule has 4 N–H and O–H groups in total. The fourth-order valence-electron chi connectivity index (χ4n) is 3.22. The fraction of sp³-hybridized carbons (Fsp3) is 0.889. The molecule has 6 nitrogen and oxygen atoms in total. The average Bonchev–Trinajstić information content (AvgIpc) is 2.43. The number of hydrogen-bond donors (Lipinski definition) is 3. The monoisotopic (exact) mass is 337 g/mol. The lowest BCUT2D eigenvalue weighted by Crippen LogP contribution is -2.48. The molecule has 1 heterocycles. The maximum atomic E-state index is 12.0. The van der Waals surface area contributed by atoms with E-state index in [1.807, 2.05) is 20.8 Å². The van der Waals surface area contributed by atoms with Gasteiger partial charge in [-0.15, -0.1) is 0 Å². The smallest absolute Gasteiger partial charge is 0.234 e. The molecule has 1 aliphatic heterocycles. The van der Waals surface area contributed by atoms with Crippen LogP contribution in [-0.4, -0.2) is 55.0 Å². The van der Waals surface area contributed by atoms with Gasteiger partial charge in [0.1, 0.15) is 0 Å². The molecule has 24 heavy (non-hydrogen) atoms. The van der Waals surface area contributed by atoms with Crippen molar-refractivity contribution < 1.29 is 4.79 Å². The van der Waals surface area contributed by atoms with Crippen molar-refractivity contribution >= 4 is 11.9 Å². The number of rotatable bonds is 6. The first-order chi connectivity index (χ1) is 11.3. The largest absolute Gasteiger partial charge is 0.370 e. The van der Waals surface area contributed by atoms with E-state index in [-0.39, 0.29) is 11.4 Å². The van der Waals surface area contributed by atoms with Gasteiger partial charge in [0.25, 0.3) is 0 Å². The Bertz CT molecular complexity index is 431. The molecule has 1 saturated heterocycles. The number of guanidine groups is 1. The minimum atomic E-state index is -0.157. The topological polar surface area (TPSA) is 82.8 Å². The van der Waals surface area contributed by atoms with Gasteiger partial charge in [0, 0.05) is 18.6 Å². The molecule has 0 aromatic heterocycles. The van der Waals surface area contributed by atoms with Crippen LogP contribution in [-0.2, 0) is 4.79 Å². The summed E-state index contributed by atoms with van der Waals surface area (Å²) in [6.45, 7) is 10.3. The Kier molecular flexibility index (Phi) is 6.90. The van der Waals surface area contributed by atoms with E-state index in [1.165, 1.54) is 19.3 Å². The first-order valence-electron chi connectivity index (χ1n) is 9.39. The zero-order valence-corrected chi connectivity index (χ0v) is 15.6. The van der Waals surface area contributed by atoms with E-state index < -0.39 is 0 Å². The molecule has 0 unspecified atom stereocenters. The summed E-state index contributed by atoms with van der Waals surface area (Å²) in [5.74, 6) is 2.08. The number of amides is 1. The molecule has 0 atom stereocenters. The lowest BCUT2D eigenvalue weighted by atomic mass is 9.86. The van der Waals surface area contributed by atoms with Crippen molar-refractivity contribution in [1.29, 1.82) is 0 Å². The van der Waals surface area contributed by atoms with Crippen molar-refractivity contribution in [2.75, 3.05) is 32.7 Å². The van der Waals surface area contributed by atoms with Gasteiger partial charge in [-0.3, -0.25) is 14.7 Å². The van der Waals surface area contributed by atoms with Crippen LogP contribution in [0.2, 0.25) is 0 Å². The molecule has 1 saturated carbocycles. The summed E-state index contributed by atoms with van der Waals surface area (Å²) in [4.78, 5) is 18.7. The van der Waals surface area contributed by atoms with Gasteiger partial charge in [0.2, 0.25) is 5.91 Å². The van der Waals surface area contributed by atoms with Crippen LogP contribution in [0.3, 0.4) is 0 Å². The summed E-state index contributed by atoms with van der Waals surface area (Å²) >= 11 is 0. The first kappa shape index (κ1) is 19.0. The van der Waals surface area contributed by atoms with Crippen molar-refractivity contribution in [2.45, 2.75) is 58.4 Å². The third-order valence-electron chi connectivity index (χ3n) is 4.91. The highest BCUT2D eigenvalue weighted by Crippen LogP contribution is 2.26. The normalized spacial score (nSPS) is 21.4. The molecular formula is C18H35N5O. The molecule has 0 spiro atoms. The van der Waals surface area contributed by atoms with Gasteiger partial charge < -0.3 is 16.4 Å². The van der Waals surface area contributed by atoms with E-state index in [9.17, 15) is 4.79 Å². The minimum absolute atomic E-state index is 0.117. The summed E-state index contributed by atoms with van der Waals surface area (Å²) in [6, 6.07) is 0. The quantitative estimate of drug-likeness (QED) is 0.504. The molecule has 0 bridgehead atoms. The van der Waals surface area contributed by atoms with Crippen LogP contribution >= 0.6 is 0 Å². The maximum Gasteiger partial charge on any atom is 0.234 e. The number of carbonyl (C=O) groups is 1. The van der Waals surface area contributed by atoms with E-state index in [0.717, 1.165) is 44.9 Å². The van der Waals surface area contributed by atoms with Gasteiger partial charge in [-0.1, -0.05) is 6.42 Å². The van der Waals surface area contributed by atoms with E-state index in [0.29, 0.717) is 18.4 Å². The maximum absolute atomic E-state index is 12.0. The van der Waals surface area contributed by atoms with Crippen LogP contribution in [0.1, 0.15) is 52.9 Å². The summed E-state index contributed by atoms with van der Waals surface area (Å²) in [5.41, 5.74) is 5.79. The van der Waals surface area contributed by atoms with Gasteiger partial charge in [-0.2, -0.15) is 0 Å². The zero-order valence-electron chi connectivity index (χ0n) is 15.6. The highest BCUT2D eigenvalue weighted by atomic mass is 16.2. The van der Waals surface area contributed by atoms with Crippen molar-refractivity contribution in [3.63, 3.8) is 0 Å². The molecular weight excluding hydrogens is 302 g/mol. The molecule has 1 aliphatic carbocycles. The van der Waals surface area contributed by atoms with Crippen LogP contribution in [0, 0.1) is 11.8 Å². The van der Waals surface area contributed by atoms with E-state index >= 15 is 0 Å². The van der Waals surface area contributed by atoms with Crippen molar-refractivity contribution in [1.82, 2.24) is 15.5 Å². The van der Waals surface area contributed by atoms with Crippen LogP contribution < -0.4 is 16.4 Å². The van der Waals surface area contributed by atoms with Gasteiger partial charge in [-0.25, -0.2) is 0 Å². The fourth-order valence-corrected chi connectivity index (χ4v) is 3.22. The molecule has 2 fully saturated rings. The summed E-state index contributed by atoms with van der Waals surface area (Å²) in [5, 5.41) is 6.30. The standard InChI is InChI=1S/C18H35N5O/c1-18(2,3)22-16(24)13-23-9-7-15(8-10-23)12-21-17(19)20-11-14-5-4-6-14/h14-15H,4-13H2,1-3H3,(H,22,24)(H3,19,20,21). The Morgan fingerprint density at radius 2 is 1.83 bits per heavy atom. The molecule has 138 valence electrons. The highest BCUT2D eigenvalue weighted by Gasteiger charge is 2.22. The number of hydrogen-bond acceptors (Lipinski definition) is 3. The predicted molar refractivity (Wildman–Crippen MR) is 98.9 cm³/mol. The minimum Gasteiger partial charge on any atom is -0.370 e. The van der Waals surface area contributed by atoms with Gasteiger partial charge in [-0.05, 0) is 71.4 Å². The third-order valence-corrected chi connectivity index (χ3v) is 4.91.